The van der Waals surface area contributed by atoms with E-state index in [4.69, 9.17) is 10.00 Å². The molecule has 2 rings (SSSR count). The smallest absolute Gasteiger partial charge is 0.331 e. The number of unbranched alkanes of at least 4 members (excludes halogenated alkanes) is 2. The van der Waals surface area contributed by atoms with Crippen molar-refractivity contribution in [3.05, 3.63) is 42.2 Å². The van der Waals surface area contributed by atoms with Gasteiger partial charge in [-0.05, 0) is 56.0 Å². The standard InChI is InChI=1S/C21H25N3O2/c1-4-6-7-8-16-13-23-19(24-14-16)17-9-11-18(12-10-17)26-20(25)21(3,5-2)15-22/h9-14H,4-8H2,1-3H3. The first kappa shape index (κ1) is 19.6. The van der Waals surface area contributed by atoms with Gasteiger partial charge < -0.3 is 4.74 Å². The van der Waals surface area contributed by atoms with Crippen molar-refractivity contribution in [3.63, 3.8) is 0 Å². The minimum atomic E-state index is -1.13. The van der Waals surface area contributed by atoms with Crippen LogP contribution in [0.15, 0.2) is 36.7 Å². The molecule has 0 aliphatic carbocycles. The fourth-order valence-electron chi connectivity index (χ4n) is 2.37. The summed E-state index contributed by atoms with van der Waals surface area (Å²) in [5, 5.41) is 9.15. The van der Waals surface area contributed by atoms with Crippen LogP contribution in [0.2, 0.25) is 0 Å². The van der Waals surface area contributed by atoms with E-state index in [0.29, 0.717) is 18.0 Å². The molecule has 0 spiro atoms. The lowest BCUT2D eigenvalue weighted by molar-refractivity contribution is -0.141. The Kier molecular flexibility index (Phi) is 6.85. The summed E-state index contributed by atoms with van der Waals surface area (Å²) in [4.78, 5) is 21.0. The molecule has 136 valence electrons. The predicted octanol–water partition coefficient (Wildman–Crippen LogP) is 4.72. The number of nitriles is 1. The number of hydrogen-bond acceptors (Lipinski definition) is 5. The topological polar surface area (TPSA) is 75.9 Å². The molecule has 1 unspecified atom stereocenters. The van der Waals surface area contributed by atoms with Gasteiger partial charge in [0.25, 0.3) is 0 Å². The van der Waals surface area contributed by atoms with E-state index in [2.05, 4.69) is 16.9 Å². The monoisotopic (exact) mass is 351 g/mol. The predicted molar refractivity (Wildman–Crippen MR) is 100 cm³/mol. The van der Waals surface area contributed by atoms with Crippen molar-refractivity contribution < 1.29 is 9.53 Å². The lowest BCUT2D eigenvalue weighted by Gasteiger charge is -2.17. The summed E-state index contributed by atoms with van der Waals surface area (Å²) in [6.45, 7) is 5.56. The Bertz CT molecular complexity index is 763. The Labute approximate surface area is 155 Å². The van der Waals surface area contributed by atoms with E-state index < -0.39 is 11.4 Å². The average Bonchev–Trinajstić information content (AvgIpc) is 2.68. The maximum atomic E-state index is 12.1. The van der Waals surface area contributed by atoms with Gasteiger partial charge in [0.05, 0.1) is 6.07 Å². The van der Waals surface area contributed by atoms with E-state index in [9.17, 15) is 4.79 Å². The molecule has 0 radical (unpaired) electrons. The molecule has 0 amide bonds. The summed E-state index contributed by atoms with van der Waals surface area (Å²) in [5.41, 5.74) is 0.863. The van der Waals surface area contributed by atoms with E-state index in [1.54, 1.807) is 26.0 Å². The molecule has 0 fully saturated rings. The highest BCUT2D eigenvalue weighted by Crippen LogP contribution is 2.25. The van der Waals surface area contributed by atoms with Gasteiger partial charge in [-0.25, -0.2) is 14.8 Å². The molecule has 0 saturated heterocycles. The number of esters is 1. The molecule has 0 saturated carbocycles. The molecule has 0 N–H and O–H groups in total. The van der Waals surface area contributed by atoms with Gasteiger partial charge in [-0.3, -0.25) is 0 Å². The second-order valence-electron chi connectivity index (χ2n) is 6.58. The van der Waals surface area contributed by atoms with Crippen molar-refractivity contribution in [3.8, 4) is 23.2 Å². The van der Waals surface area contributed by atoms with E-state index in [-0.39, 0.29) is 0 Å². The van der Waals surface area contributed by atoms with Crippen LogP contribution in [0, 0.1) is 16.7 Å². The Balaban J connectivity index is 2.03. The molecule has 1 heterocycles. The number of benzene rings is 1. The highest BCUT2D eigenvalue weighted by molar-refractivity contribution is 5.81. The first-order chi connectivity index (χ1) is 12.5. The van der Waals surface area contributed by atoms with Crippen LogP contribution in [-0.4, -0.2) is 15.9 Å². The number of carbonyl (C=O) groups is 1. The zero-order valence-electron chi connectivity index (χ0n) is 15.7. The molecular weight excluding hydrogens is 326 g/mol. The maximum absolute atomic E-state index is 12.1. The van der Waals surface area contributed by atoms with Gasteiger partial charge in [0.15, 0.2) is 11.2 Å². The van der Waals surface area contributed by atoms with Gasteiger partial charge in [0.1, 0.15) is 5.75 Å². The quantitative estimate of drug-likeness (QED) is 0.391. The van der Waals surface area contributed by atoms with Crippen LogP contribution in [0.4, 0.5) is 0 Å². The van der Waals surface area contributed by atoms with Crippen LogP contribution in [0.1, 0.15) is 52.0 Å². The second kappa shape index (κ2) is 9.10. The number of hydrogen-bond donors (Lipinski definition) is 0. The first-order valence-corrected chi connectivity index (χ1v) is 9.07. The van der Waals surface area contributed by atoms with E-state index in [0.717, 1.165) is 24.0 Å². The van der Waals surface area contributed by atoms with Crippen molar-refractivity contribution in [2.75, 3.05) is 0 Å². The molecule has 5 heteroatoms. The Morgan fingerprint density at radius 2 is 1.81 bits per heavy atom. The summed E-state index contributed by atoms with van der Waals surface area (Å²) >= 11 is 0. The van der Waals surface area contributed by atoms with Crippen molar-refractivity contribution in [2.45, 2.75) is 52.9 Å². The summed E-state index contributed by atoms with van der Waals surface area (Å²) in [6, 6.07) is 9.02. The van der Waals surface area contributed by atoms with E-state index in [1.807, 2.05) is 30.6 Å². The molecule has 1 aromatic heterocycles. The van der Waals surface area contributed by atoms with Crippen molar-refractivity contribution >= 4 is 5.97 Å². The number of ether oxygens (including phenoxy) is 1. The van der Waals surface area contributed by atoms with E-state index in [1.165, 1.54) is 12.8 Å². The maximum Gasteiger partial charge on any atom is 0.331 e. The van der Waals surface area contributed by atoms with Crippen LogP contribution in [0.5, 0.6) is 5.75 Å². The highest BCUT2D eigenvalue weighted by atomic mass is 16.5. The summed E-state index contributed by atoms with van der Waals surface area (Å²) in [5.74, 6) is 0.505. The van der Waals surface area contributed by atoms with Crippen LogP contribution < -0.4 is 4.74 Å². The van der Waals surface area contributed by atoms with Crippen molar-refractivity contribution in [1.82, 2.24) is 9.97 Å². The van der Waals surface area contributed by atoms with Crippen molar-refractivity contribution in [1.29, 1.82) is 5.26 Å². The Morgan fingerprint density at radius 3 is 2.35 bits per heavy atom. The highest BCUT2D eigenvalue weighted by Gasteiger charge is 2.33. The molecule has 0 aliphatic heterocycles. The molecule has 5 nitrogen and oxygen atoms in total. The van der Waals surface area contributed by atoms with Crippen molar-refractivity contribution in [2.24, 2.45) is 5.41 Å². The lowest BCUT2D eigenvalue weighted by atomic mass is 9.90. The minimum absolute atomic E-state index is 0.402. The van der Waals surface area contributed by atoms with Crippen LogP contribution in [0.25, 0.3) is 11.4 Å². The number of rotatable bonds is 8. The summed E-state index contributed by atoms with van der Waals surface area (Å²) in [7, 11) is 0. The third kappa shape index (κ3) is 4.89. The molecule has 0 aliphatic rings. The zero-order chi connectivity index (χ0) is 19.0. The fraction of sp³-hybridized carbons (Fsp3) is 0.429. The molecule has 1 atom stereocenters. The molecule has 26 heavy (non-hydrogen) atoms. The largest absolute Gasteiger partial charge is 0.425 e. The normalized spacial score (nSPS) is 12.8. The fourth-order valence-corrected chi connectivity index (χ4v) is 2.37. The molecule has 0 bridgehead atoms. The lowest BCUT2D eigenvalue weighted by Crippen LogP contribution is -2.29. The minimum Gasteiger partial charge on any atom is -0.425 e. The van der Waals surface area contributed by atoms with Gasteiger partial charge >= 0.3 is 5.97 Å². The number of aromatic nitrogens is 2. The van der Waals surface area contributed by atoms with Gasteiger partial charge in [0.2, 0.25) is 0 Å². The van der Waals surface area contributed by atoms with Gasteiger partial charge in [0, 0.05) is 18.0 Å². The number of nitrogens with zero attached hydrogens (tertiary/aromatic N) is 3. The molecule has 1 aromatic carbocycles. The van der Waals surface area contributed by atoms with Crippen LogP contribution in [0.3, 0.4) is 0 Å². The number of carbonyl (C=O) groups excluding carboxylic acids is 1. The first-order valence-electron chi connectivity index (χ1n) is 9.07. The van der Waals surface area contributed by atoms with E-state index >= 15 is 0 Å². The SMILES string of the molecule is CCCCCc1cnc(-c2ccc(OC(=O)C(C)(C#N)CC)cc2)nc1. The number of aryl methyl sites for hydroxylation is 1. The van der Waals surface area contributed by atoms with Gasteiger partial charge in [-0.15, -0.1) is 0 Å². The third-order valence-corrected chi connectivity index (χ3v) is 4.50. The van der Waals surface area contributed by atoms with Gasteiger partial charge in [-0.1, -0.05) is 26.7 Å². The molecule has 2 aromatic rings. The Hall–Kier alpha value is -2.74. The summed E-state index contributed by atoms with van der Waals surface area (Å²) < 4.78 is 5.32. The second-order valence-corrected chi connectivity index (χ2v) is 6.58. The summed E-state index contributed by atoms with van der Waals surface area (Å²) in [6.07, 6.45) is 8.69. The van der Waals surface area contributed by atoms with Gasteiger partial charge in [-0.2, -0.15) is 5.26 Å². The molecular formula is C21H25N3O2. The third-order valence-electron chi connectivity index (χ3n) is 4.50. The zero-order valence-corrected chi connectivity index (χ0v) is 15.7. The van der Waals surface area contributed by atoms with Crippen LogP contribution in [-0.2, 0) is 11.2 Å². The van der Waals surface area contributed by atoms with Crippen LogP contribution >= 0.6 is 0 Å². The average molecular weight is 351 g/mol. The Morgan fingerprint density at radius 1 is 1.15 bits per heavy atom.